The molecular formula is C24H23N3O3S. The van der Waals surface area contributed by atoms with E-state index in [1.165, 1.54) is 12.1 Å². The molecule has 0 aliphatic carbocycles. The van der Waals surface area contributed by atoms with Gasteiger partial charge in [0.05, 0.1) is 23.1 Å². The number of carbonyl (C=O) groups is 1. The minimum Gasteiger partial charge on any atom is -0.325 e. The van der Waals surface area contributed by atoms with E-state index in [-0.39, 0.29) is 17.9 Å². The van der Waals surface area contributed by atoms with Crippen molar-refractivity contribution < 1.29 is 13.2 Å². The molecule has 1 N–H and O–H groups in total. The van der Waals surface area contributed by atoms with E-state index in [0.717, 1.165) is 21.0 Å². The number of nitrogens with one attached hydrogen (secondary N) is 1. The summed E-state index contributed by atoms with van der Waals surface area (Å²) >= 11 is 0. The van der Waals surface area contributed by atoms with Crippen LogP contribution in [0.5, 0.6) is 0 Å². The van der Waals surface area contributed by atoms with E-state index in [2.05, 4.69) is 11.4 Å². The number of carbonyl (C=O) groups excluding carboxylic acids is 1. The number of aryl methyl sites for hydroxylation is 2. The van der Waals surface area contributed by atoms with Crippen molar-refractivity contribution in [1.29, 1.82) is 5.26 Å². The van der Waals surface area contributed by atoms with Crippen LogP contribution in [0.4, 0.5) is 11.4 Å². The molecule has 0 aliphatic rings. The maximum absolute atomic E-state index is 13.4. The van der Waals surface area contributed by atoms with Crippen molar-refractivity contribution >= 4 is 27.3 Å². The van der Waals surface area contributed by atoms with Crippen LogP contribution in [-0.4, -0.2) is 20.9 Å². The van der Waals surface area contributed by atoms with Crippen molar-refractivity contribution in [3.63, 3.8) is 0 Å². The summed E-state index contributed by atoms with van der Waals surface area (Å²) in [5.74, 6) is -0.465. The second-order valence-corrected chi connectivity index (χ2v) is 9.06. The largest absolute Gasteiger partial charge is 0.325 e. The van der Waals surface area contributed by atoms with Gasteiger partial charge in [0.15, 0.2) is 0 Å². The summed E-state index contributed by atoms with van der Waals surface area (Å²) in [6, 6.07) is 22.4. The predicted molar refractivity (Wildman–Crippen MR) is 121 cm³/mol. The highest BCUT2D eigenvalue weighted by atomic mass is 32.2. The van der Waals surface area contributed by atoms with Gasteiger partial charge in [0.25, 0.3) is 10.0 Å². The molecule has 0 radical (unpaired) electrons. The number of benzene rings is 3. The molecule has 1 amide bonds. The van der Waals surface area contributed by atoms with E-state index >= 15 is 0 Å². The number of rotatable bonds is 7. The van der Waals surface area contributed by atoms with E-state index in [9.17, 15) is 13.2 Å². The van der Waals surface area contributed by atoms with Crippen LogP contribution >= 0.6 is 0 Å². The van der Waals surface area contributed by atoms with E-state index in [1.807, 2.05) is 26.0 Å². The molecule has 0 saturated carbocycles. The maximum atomic E-state index is 13.4. The SMILES string of the molecule is Cc1ccc(N(CC(=O)Nc2ccc(CC#N)cc2)S(=O)(=O)c2ccccc2)c(C)c1. The van der Waals surface area contributed by atoms with Gasteiger partial charge in [-0.05, 0) is 55.3 Å². The highest BCUT2D eigenvalue weighted by molar-refractivity contribution is 7.92. The lowest BCUT2D eigenvalue weighted by Crippen LogP contribution is -2.38. The molecule has 3 rings (SSSR count). The number of nitrogens with zero attached hydrogens (tertiary/aromatic N) is 2. The Morgan fingerprint density at radius 2 is 1.68 bits per heavy atom. The van der Waals surface area contributed by atoms with Crippen molar-refractivity contribution in [3.05, 3.63) is 89.5 Å². The maximum Gasteiger partial charge on any atom is 0.264 e. The van der Waals surface area contributed by atoms with Crippen molar-refractivity contribution in [2.75, 3.05) is 16.2 Å². The van der Waals surface area contributed by atoms with Crippen LogP contribution in [0.25, 0.3) is 0 Å². The monoisotopic (exact) mass is 433 g/mol. The third-order valence-electron chi connectivity index (χ3n) is 4.76. The van der Waals surface area contributed by atoms with Crippen LogP contribution in [0.15, 0.2) is 77.7 Å². The molecule has 0 fully saturated rings. The first-order chi connectivity index (χ1) is 14.8. The number of anilines is 2. The second-order valence-electron chi connectivity index (χ2n) is 7.19. The number of amides is 1. The van der Waals surface area contributed by atoms with Gasteiger partial charge < -0.3 is 5.32 Å². The van der Waals surface area contributed by atoms with Gasteiger partial charge in [-0.25, -0.2) is 8.42 Å². The molecule has 6 nitrogen and oxygen atoms in total. The normalized spacial score (nSPS) is 10.9. The Bertz CT molecular complexity index is 1220. The summed E-state index contributed by atoms with van der Waals surface area (Å²) in [6.07, 6.45) is 0.282. The zero-order valence-corrected chi connectivity index (χ0v) is 18.2. The summed E-state index contributed by atoms with van der Waals surface area (Å²) < 4.78 is 27.9. The standard InChI is InChI=1S/C24H23N3O3S/c1-18-8-13-23(19(2)16-18)27(31(29,30)22-6-4-3-5-7-22)17-24(28)26-21-11-9-20(10-12-21)14-15-25/h3-13,16H,14,17H2,1-2H3,(H,26,28). The van der Waals surface area contributed by atoms with Gasteiger partial charge in [-0.3, -0.25) is 9.10 Å². The fraction of sp³-hybridized carbons (Fsp3) is 0.167. The number of hydrogen-bond donors (Lipinski definition) is 1. The molecule has 0 aromatic heterocycles. The van der Waals surface area contributed by atoms with Gasteiger partial charge in [-0.15, -0.1) is 0 Å². The molecule has 3 aromatic carbocycles. The van der Waals surface area contributed by atoms with E-state index in [0.29, 0.717) is 11.4 Å². The van der Waals surface area contributed by atoms with Crippen LogP contribution in [-0.2, 0) is 21.2 Å². The van der Waals surface area contributed by atoms with Crippen LogP contribution in [0, 0.1) is 25.2 Å². The molecule has 158 valence electrons. The van der Waals surface area contributed by atoms with Crippen LogP contribution in [0.2, 0.25) is 0 Å². The zero-order chi connectivity index (χ0) is 22.4. The van der Waals surface area contributed by atoms with Crippen molar-refractivity contribution in [3.8, 4) is 6.07 Å². The Kier molecular flexibility index (Phi) is 6.73. The molecule has 0 unspecified atom stereocenters. The first-order valence-electron chi connectivity index (χ1n) is 9.72. The molecule has 0 atom stereocenters. The predicted octanol–water partition coefficient (Wildman–Crippen LogP) is 4.20. The molecule has 31 heavy (non-hydrogen) atoms. The summed E-state index contributed by atoms with van der Waals surface area (Å²) in [5.41, 5.74) is 3.58. The van der Waals surface area contributed by atoms with E-state index < -0.39 is 15.9 Å². The molecular weight excluding hydrogens is 410 g/mol. The zero-order valence-electron chi connectivity index (χ0n) is 17.4. The smallest absolute Gasteiger partial charge is 0.264 e. The van der Waals surface area contributed by atoms with Crippen LogP contribution in [0.3, 0.4) is 0 Å². The molecule has 3 aromatic rings. The highest BCUT2D eigenvalue weighted by Gasteiger charge is 2.28. The minimum absolute atomic E-state index is 0.114. The summed E-state index contributed by atoms with van der Waals surface area (Å²) in [7, 11) is -3.95. The summed E-state index contributed by atoms with van der Waals surface area (Å²) in [5, 5.41) is 11.5. The molecule has 0 aliphatic heterocycles. The average Bonchev–Trinajstić information content (AvgIpc) is 2.75. The molecule has 0 heterocycles. The van der Waals surface area contributed by atoms with Gasteiger partial charge in [0.1, 0.15) is 6.54 Å². The molecule has 7 heteroatoms. The Labute approximate surface area is 182 Å². The fourth-order valence-electron chi connectivity index (χ4n) is 3.23. The molecule has 0 spiro atoms. The van der Waals surface area contributed by atoms with Crippen LogP contribution in [0.1, 0.15) is 16.7 Å². The van der Waals surface area contributed by atoms with E-state index in [4.69, 9.17) is 5.26 Å². The fourth-order valence-corrected chi connectivity index (χ4v) is 4.74. The average molecular weight is 434 g/mol. The minimum atomic E-state index is -3.95. The van der Waals surface area contributed by atoms with Gasteiger partial charge in [0, 0.05) is 5.69 Å². The Morgan fingerprint density at radius 3 is 2.29 bits per heavy atom. The first-order valence-corrected chi connectivity index (χ1v) is 11.2. The Morgan fingerprint density at radius 1 is 1.00 bits per heavy atom. The van der Waals surface area contributed by atoms with Gasteiger partial charge in [-0.1, -0.05) is 48.0 Å². The number of sulfonamides is 1. The lowest BCUT2D eigenvalue weighted by molar-refractivity contribution is -0.114. The lowest BCUT2D eigenvalue weighted by atomic mass is 10.1. The highest BCUT2D eigenvalue weighted by Crippen LogP contribution is 2.27. The summed E-state index contributed by atoms with van der Waals surface area (Å²) in [6.45, 7) is 3.37. The lowest BCUT2D eigenvalue weighted by Gasteiger charge is -2.26. The Hall–Kier alpha value is -3.63. The van der Waals surface area contributed by atoms with E-state index in [1.54, 1.807) is 48.5 Å². The Balaban J connectivity index is 1.91. The molecule has 0 bridgehead atoms. The van der Waals surface area contributed by atoms with Crippen LogP contribution < -0.4 is 9.62 Å². The third-order valence-corrected chi connectivity index (χ3v) is 6.53. The quantitative estimate of drug-likeness (QED) is 0.604. The number of hydrogen-bond acceptors (Lipinski definition) is 4. The van der Waals surface area contributed by atoms with Gasteiger partial charge >= 0.3 is 0 Å². The molecule has 0 saturated heterocycles. The van der Waals surface area contributed by atoms with Crippen molar-refractivity contribution in [1.82, 2.24) is 0 Å². The third kappa shape index (κ3) is 5.30. The summed E-state index contributed by atoms with van der Waals surface area (Å²) in [4.78, 5) is 12.9. The topological polar surface area (TPSA) is 90.3 Å². The first kappa shape index (κ1) is 22.1. The number of nitriles is 1. The second kappa shape index (κ2) is 9.45. The van der Waals surface area contributed by atoms with Crippen molar-refractivity contribution in [2.24, 2.45) is 0 Å². The van der Waals surface area contributed by atoms with Gasteiger partial charge in [-0.2, -0.15) is 5.26 Å². The van der Waals surface area contributed by atoms with Crippen molar-refractivity contribution in [2.45, 2.75) is 25.2 Å². The van der Waals surface area contributed by atoms with Gasteiger partial charge in [0.2, 0.25) is 5.91 Å².